The molecule has 2 atom stereocenters. The van der Waals surface area contributed by atoms with Crippen LogP contribution in [0, 0.1) is 6.92 Å². The molecule has 0 radical (unpaired) electrons. The molecule has 2 amide bonds. The van der Waals surface area contributed by atoms with Gasteiger partial charge in [0.1, 0.15) is 12.6 Å². The molecule has 0 aliphatic rings. The van der Waals surface area contributed by atoms with Gasteiger partial charge in [0, 0.05) is 17.6 Å². The van der Waals surface area contributed by atoms with Gasteiger partial charge in [-0.3, -0.25) is 13.9 Å². The molecule has 0 aliphatic heterocycles. The van der Waals surface area contributed by atoms with Crippen LogP contribution in [0.1, 0.15) is 44.7 Å². The van der Waals surface area contributed by atoms with Crippen LogP contribution in [0.2, 0.25) is 5.02 Å². The van der Waals surface area contributed by atoms with Crippen molar-refractivity contribution in [2.24, 2.45) is 0 Å². The summed E-state index contributed by atoms with van der Waals surface area (Å²) in [7, 11) is -3.79. The smallest absolute Gasteiger partial charge is 0.244 e. The standard InChI is InChI=1S/C25H34ClN3O4S/c1-6-19(4)27-25(31)22(7-2)28(16-20-11-9-8-10-12-20)24(30)17-29(34(5,32)33)23-14-13-21(26)15-18(23)3/h8-15,19,22H,6-7,16-17H2,1-5H3,(H,27,31)/t19-,22+/m0/s1. The molecule has 0 unspecified atom stereocenters. The molecule has 34 heavy (non-hydrogen) atoms. The number of amides is 2. The molecule has 2 rings (SSSR count). The van der Waals surface area contributed by atoms with E-state index in [0.29, 0.717) is 22.7 Å². The van der Waals surface area contributed by atoms with E-state index in [1.807, 2.05) is 51.1 Å². The highest BCUT2D eigenvalue weighted by atomic mass is 35.5. The average Bonchev–Trinajstić information content (AvgIpc) is 2.77. The number of hydrogen-bond acceptors (Lipinski definition) is 4. The van der Waals surface area contributed by atoms with Crippen molar-refractivity contribution in [2.45, 2.75) is 59.2 Å². The lowest BCUT2D eigenvalue weighted by Crippen LogP contribution is -2.53. The Morgan fingerprint density at radius 2 is 1.71 bits per heavy atom. The van der Waals surface area contributed by atoms with Gasteiger partial charge in [-0.25, -0.2) is 8.42 Å². The highest BCUT2D eigenvalue weighted by molar-refractivity contribution is 7.92. The molecule has 0 bridgehead atoms. The second-order valence-corrected chi connectivity index (χ2v) is 10.8. The first-order valence-corrected chi connectivity index (χ1v) is 13.6. The maximum atomic E-state index is 13.6. The van der Waals surface area contributed by atoms with Gasteiger partial charge in [-0.1, -0.05) is 55.8 Å². The van der Waals surface area contributed by atoms with Crippen LogP contribution in [0.5, 0.6) is 0 Å². The number of hydrogen-bond donors (Lipinski definition) is 1. The Balaban J connectivity index is 2.44. The molecule has 0 saturated carbocycles. The lowest BCUT2D eigenvalue weighted by atomic mass is 10.1. The van der Waals surface area contributed by atoms with Crippen molar-refractivity contribution in [1.82, 2.24) is 10.2 Å². The molecule has 186 valence electrons. The second-order valence-electron chi connectivity index (χ2n) is 8.45. The third-order valence-corrected chi connectivity index (χ3v) is 7.05. The van der Waals surface area contributed by atoms with Crippen molar-refractivity contribution in [3.63, 3.8) is 0 Å². The van der Waals surface area contributed by atoms with Gasteiger partial charge in [-0.15, -0.1) is 0 Å². The minimum Gasteiger partial charge on any atom is -0.352 e. The van der Waals surface area contributed by atoms with Crippen molar-refractivity contribution in [1.29, 1.82) is 0 Å². The normalized spacial score (nSPS) is 13.1. The van der Waals surface area contributed by atoms with Crippen LogP contribution in [-0.4, -0.2) is 50.0 Å². The molecule has 1 N–H and O–H groups in total. The number of carbonyl (C=O) groups excluding carboxylic acids is 2. The van der Waals surface area contributed by atoms with Crippen LogP contribution in [0.25, 0.3) is 0 Å². The number of carbonyl (C=O) groups is 2. The van der Waals surface area contributed by atoms with Gasteiger partial charge < -0.3 is 10.2 Å². The van der Waals surface area contributed by atoms with E-state index in [1.165, 1.54) is 4.90 Å². The Hall–Kier alpha value is -2.58. The van der Waals surface area contributed by atoms with Gasteiger partial charge in [-0.05, 0) is 56.0 Å². The molecular formula is C25H34ClN3O4S. The molecule has 9 heteroatoms. The number of nitrogens with one attached hydrogen (secondary N) is 1. The quantitative estimate of drug-likeness (QED) is 0.495. The molecule has 2 aromatic rings. The van der Waals surface area contributed by atoms with Crippen LogP contribution in [0.3, 0.4) is 0 Å². The van der Waals surface area contributed by atoms with E-state index < -0.39 is 28.5 Å². The molecule has 0 heterocycles. The van der Waals surface area contributed by atoms with Crippen molar-refractivity contribution >= 4 is 39.1 Å². The Bertz CT molecular complexity index is 1090. The molecule has 0 aliphatic carbocycles. The minimum atomic E-state index is -3.79. The van der Waals surface area contributed by atoms with Gasteiger partial charge in [0.2, 0.25) is 21.8 Å². The maximum Gasteiger partial charge on any atom is 0.244 e. The average molecular weight is 508 g/mol. The van der Waals surface area contributed by atoms with E-state index in [0.717, 1.165) is 22.5 Å². The van der Waals surface area contributed by atoms with Gasteiger partial charge in [0.25, 0.3) is 0 Å². The summed E-state index contributed by atoms with van der Waals surface area (Å²) in [6.45, 7) is 7.20. The van der Waals surface area contributed by atoms with Gasteiger partial charge in [0.15, 0.2) is 0 Å². The monoisotopic (exact) mass is 507 g/mol. The van der Waals surface area contributed by atoms with Crippen LogP contribution in [0.4, 0.5) is 5.69 Å². The molecule has 7 nitrogen and oxygen atoms in total. The number of anilines is 1. The summed E-state index contributed by atoms with van der Waals surface area (Å²) in [6.07, 6.45) is 2.20. The van der Waals surface area contributed by atoms with E-state index in [9.17, 15) is 18.0 Å². The van der Waals surface area contributed by atoms with Gasteiger partial charge in [-0.2, -0.15) is 0 Å². The Morgan fingerprint density at radius 3 is 2.24 bits per heavy atom. The summed E-state index contributed by atoms with van der Waals surface area (Å²) in [5.74, 6) is -0.718. The summed E-state index contributed by atoms with van der Waals surface area (Å²) in [4.78, 5) is 28.2. The SMILES string of the molecule is CC[C@H](C(=O)N[C@@H](C)CC)N(Cc1ccccc1)C(=O)CN(c1ccc(Cl)cc1C)S(C)(=O)=O. The first-order valence-electron chi connectivity index (χ1n) is 11.4. The number of nitrogens with zero attached hydrogens (tertiary/aromatic N) is 2. The van der Waals surface area contributed by atoms with Crippen molar-refractivity contribution in [3.8, 4) is 0 Å². The highest BCUT2D eigenvalue weighted by Gasteiger charge is 2.32. The largest absolute Gasteiger partial charge is 0.352 e. The maximum absolute atomic E-state index is 13.6. The van der Waals surface area contributed by atoms with Gasteiger partial charge in [0.05, 0.1) is 11.9 Å². The number of halogens is 1. The first kappa shape index (κ1) is 27.7. The molecule has 2 aromatic carbocycles. The fourth-order valence-electron chi connectivity index (χ4n) is 3.63. The van der Waals surface area contributed by atoms with E-state index in [2.05, 4.69) is 5.32 Å². The van der Waals surface area contributed by atoms with Crippen molar-refractivity contribution < 1.29 is 18.0 Å². The van der Waals surface area contributed by atoms with E-state index in [-0.39, 0.29) is 18.5 Å². The van der Waals surface area contributed by atoms with Crippen molar-refractivity contribution in [3.05, 3.63) is 64.7 Å². The van der Waals surface area contributed by atoms with Crippen LogP contribution in [0.15, 0.2) is 48.5 Å². The minimum absolute atomic E-state index is 0.0422. The fourth-order valence-corrected chi connectivity index (χ4v) is 4.77. The zero-order valence-electron chi connectivity index (χ0n) is 20.4. The predicted octanol–water partition coefficient (Wildman–Crippen LogP) is 4.14. The third-order valence-electron chi connectivity index (χ3n) is 5.69. The Kier molecular flexibility index (Phi) is 9.94. The number of aryl methyl sites for hydroxylation is 1. The topological polar surface area (TPSA) is 86.8 Å². The second kappa shape index (κ2) is 12.2. The molecule has 0 fully saturated rings. The third kappa shape index (κ3) is 7.46. The summed E-state index contributed by atoms with van der Waals surface area (Å²) in [5, 5.41) is 3.42. The van der Waals surface area contributed by atoms with Crippen LogP contribution in [-0.2, 0) is 26.2 Å². The molecule has 0 saturated heterocycles. The molecule has 0 aromatic heterocycles. The van der Waals surface area contributed by atoms with Crippen LogP contribution >= 0.6 is 11.6 Å². The van der Waals surface area contributed by atoms with E-state index in [4.69, 9.17) is 11.6 Å². The lowest BCUT2D eigenvalue weighted by Gasteiger charge is -2.33. The Labute approximate surface area is 208 Å². The lowest BCUT2D eigenvalue weighted by molar-refractivity contribution is -0.140. The highest BCUT2D eigenvalue weighted by Crippen LogP contribution is 2.26. The summed E-state index contributed by atoms with van der Waals surface area (Å²) in [6, 6.07) is 13.4. The Morgan fingerprint density at radius 1 is 1.06 bits per heavy atom. The van der Waals surface area contributed by atoms with Crippen LogP contribution < -0.4 is 9.62 Å². The first-order chi connectivity index (χ1) is 16.0. The van der Waals surface area contributed by atoms with Gasteiger partial charge >= 0.3 is 0 Å². The summed E-state index contributed by atoms with van der Waals surface area (Å²) >= 11 is 6.04. The van der Waals surface area contributed by atoms with E-state index in [1.54, 1.807) is 25.1 Å². The van der Waals surface area contributed by atoms with Crippen molar-refractivity contribution in [2.75, 3.05) is 17.1 Å². The number of sulfonamides is 1. The predicted molar refractivity (Wildman–Crippen MR) is 137 cm³/mol. The molecule has 0 spiro atoms. The fraction of sp³-hybridized carbons (Fsp3) is 0.440. The summed E-state index contributed by atoms with van der Waals surface area (Å²) < 4.78 is 26.4. The zero-order valence-corrected chi connectivity index (χ0v) is 22.0. The zero-order chi connectivity index (χ0) is 25.5. The summed E-state index contributed by atoms with van der Waals surface area (Å²) in [5.41, 5.74) is 1.85. The number of rotatable bonds is 11. The number of benzene rings is 2. The van der Waals surface area contributed by atoms with E-state index >= 15 is 0 Å². The molecular weight excluding hydrogens is 474 g/mol.